The molecule has 0 radical (unpaired) electrons. The van der Waals surface area contributed by atoms with Crippen molar-refractivity contribution < 1.29 is 9.72 Å². The van der Waals surface area contributed by atoms with Crippen molar-refractivity contribution in [3.63, 3.8) is 0 Å². The lowest BCUT2D eigenvalue weighted by Crippen LogP contribution is -2.45. The summed E-state index contributed by atoms with van der Waals surface area (Å²) in [5, 5.41) is 13.8. The van der Waals surface area contributed by atoms with Crippen molar-refractivity contribution >= 4 is 23.0 Å². The highest BCUT2D eigenvalue weighted by Gasteiger charge is 2.18. The van der Waals surface area contributed by atoms with Crippen molar-refractivity contribution in [3.05, 3.63) is 99.6 Å². The normalized spacial score (nSPS) is 14.7. The van der Waals surface area contributed by atoms with Gasteiger partial charge >= 0.3 is 0 Å². The van der Waals surface area contributed by atoms with Crippen LogP contribution in [0.5, 0.6) is 0 Å². The van der Waals surface area contributed by atoms with Crippen molar-refractivity contribution in [3.8, 4) is 0 Å². The third-order valence-corrected chi connectivity index (χ3v) is 5.82. The Hall–Kier alpha value is -3.75. The van der Waals surface area contributed by atoms with Gasteiger partial charge in [-0.05, 0) is 35.4 Å². The van der Waals surface area contributed by atoms with E-state index in [0.29, 0.717) is 5.69 Å². The van der Waals surface area contributed by atoms with Crippen LogP contribution in [0.15, 0.2) is 72.8 Å². The standard InChI is InChI=1S/C25H27N5O3/c26-23-11-8-21(16-24(23)30(32)33)25(31)27-22-9-6-20(7-10-22)18-29-14-12-28(13-15-29)17-19-4-2-1-3-5-19/h1-11,16H,12-15,17-18,26H2,(H,27,31). The highest BCUT2D eigenvalue weighted by Crippen LogP contribution is 2.23. The minimum absolute atomic E-state index is 0.0294. The van der Waals surface area contributed by atoms with E-state index in [1.807, 2.05) is 30.3 Å². The summed E-state index contributed by atoms with van der Waals surface area (Å²) < 4.78 is 0. The molecular formula is C25H27N5O3. The van der Waals surface area contributed by atoms with Crippen molar-refractivity contribution in [1.29, 1.82) is 0 Å². The second kappa shape index (κ2) is 10.2. The van der Waals surface area contributed by atoms with Gasteiger partial charge in [-0.3, -0.25) is 24.7 Å². The minimum atomic E-state index is -0.595. The number of nitrogens with one attached hydrogen (secondary N) is 1. The lowest BCUT2D eigenvalue weighted by atomic mass is 10.1. The van der Waals surface area contributed by atoms with Crippen LogP contribution in [-0.2, 0) is 13.1 Å². The van der Waals surface area contributed by atoms with Crippen LogP contribution in [-0.4, -0.2) is 46.8 Å². The number of rotatable bonds is 7. The van der Waals surface area contributed by atoms with Crippen LogP contribution < -0.4 is 11.1 Å². The number of nitro groups is 1. The SMILES string of the molecule is Nc1ccc(C(=O)Nc2ccc(CN3CCN(Cc4ccccc4)CC3)cc2)cc1[N+](=O)[O-]. The first-order chi connectivity index (χ1) is 16.0. The smallest absolute Gasteiger partial charge is 0.292 e. The van der Waals surface area contributed by atoms with Crippen molar-refractivity contribution in [2.24, 2.45) is 0 Å². The Morgan fingerprint density at radius 2 is 1.45 bits per heavy atom. The van der Waals surface area contributed by atoms with Crippen LogP contribution in [0.2, 0.25) is 0 Å². The molecule has 3 aromatic rings. The van der Waals surface area contributed by atoms with Crippen LogP contribution in [0.25, 0.3) is 0 Å². The van der Waals surface area contributed by atoms with Crippen molar-refractivity contribution in [1.82, 2.24) is 9.80 Å². The fraction of sp³-hybridized carbons (Fsp3) is 0.240. The van der Waals surface area contributed by atoms with Gasteiger partial charge in [0.2, 0.25) is 0 Å². The monoisotopic (exact) mass is 445 g/mol. The molecule has 3 N–H and O–H groups in total. The molecule has 3 aromatic carbocycles. The van der Waals surface area contributed by atoms with Gasteiger partial charge < -0.3 is 11.1 Å². The molecule has 8 heteroatoms. The molecule has 0 atom stereocenters. The van der Waals surface area contributed by atoms with Gasteiger partial charge in [0.25, 0.3) is 11.6 Å². The van der Waals surface area contributed by atoms with E-state index >= 15 is 0 Å². The van der Waals surface area contributed by atoms with Gasteiger partial charge in [-0.25, -0.2) is 0 Å². The zero-order chi connectivity index (χ0) is 23.2. The molecule has 0 unspecified atom stereocenters. The Bertz CT molecular complexity index is 1110. The molecule has 1 fully saturated rings. The molecule has 1 aliphatic heterocycles. The second-order valence-electron chi connectivity index (χ2n) is 8.22. The fourth-order valence-electron chi connectivity index (χ4n) is 3.95. The summed E-state index contributed by atoms with van der Waals surface area (Å²) in [6, 6.07) is 22.3. The van der Waals surface area contributed by atoms with Crippen molar-refractivity contribution in [2.45, 2.75) is 13.1 Å². The maximum Gasteiger partial charge on any atom is 0.292 e. The van der Waals surface area contributed by atoms with Gasteiger partial charge in [0.1, 0.15) is 5.69 Å². The highest BCUT2D eigenvalue weighted by atomic mass is 16.6. The maximum atomic E-state index is 12.5. The lowest BCUT2D eigenvalue weighted by molar-refractivity contribution is -0.383. The number of carbonyl (C=O) groups excluding carboxylic acids is 1. The molecule has 33 heavy (non-hydrogen) atoms. The number of nitrogens with zero attached hydrogens (tertiary/aromatic N) is 3. The summed E-state index contributed by atoms with van der Waals surface area (Å²) in [5.74, 6) is -0.416. The minimum Gasteiger partial charge on any atom is -0.393 e. The van der Waals surface area contributed by atoms with Crippen LogP contribution in [0.1, 0.15) is 21.5 Å². The number of nitrogen functional groups attached to an aromatic ring is 1. The van der Waals surface area contributed by atoms with Crippen LogP contribution >= 0.6 is 0 Å². The van der Waals surface area contributed by atoms with Crippen LogP contribution in [0.3, 0.4) is 0 Å². The molecular weight excluding hydrogens is 418 g/mol. The number of amides is 1. The maximum absolute atomic E-state index is 12.5. The van der Waals surface area contributed by atoms with E-state index in [9.17, 15) is 14.9 Å². The van der Waals surface area contributed by atoms with E-state index < -0.39 is 10.8 Å². The molecule has 0 aliphatic carbocycles. The summed E-state index contributed by atoms with van der Waals surface area (Å²) in [6.45, 7) is 5.95. The number of carbonyl (C=O) groups is 1. The fourth-order valence-corrected chi connectivity index (χ4v) is 3.95. The number of nitrogens with two attached hydrogens (primary N) is 1. The van der Waals surface area contributed by atoms with E-state index in [1.165, 1.54) is 29.3 Å². The predicted molar refractivity (Wildman–Crippen MR) is 129 cm³/mol. The van der Waals surface area contributed by atoms with E-state index in [0.717, 1.165) is 39.3 Å². The molecule has 1 heterocycles. The summed E-state index contributed by atoms with van der Waals surface area (Å²) in [6.07, 6.45) is 0. The third-order valence-electron chi connectivity index (χ3n) is 5.82. The highest BCUT2D eigenvalue weighted by molar-refractivity contribution is 6.05. The lowest BCUT2D eigenvalue weighted by Gasteiger charge is -2.34. The Morgan fingerprint density at radius 3 is 2.03 bits per heavy atom. The quantitative estimate of drug-likeness (QED) is 0.326. The molecule has 0 bridgehead atoms. The summed E-state index contributed by atoms with van der Waals surface area (Å²) in [5.41, 5.74) is 8.69. The summed E-state index contributed by atoms with van der Waals surface area (Å²) in [4.78, 5) is 27.8. The van der Waals surface area contributed by atoms with Crippen molar-refractivity contribution in [2.75, 3.05) is 37.2 Å². The van der Waals surface area contributed by atoms with E-state index in [2.05, 4.69) is 39.4 Å². The number of nitro benzene ring substituents is 1. The molecule has 1 saturated heterocycles. The van der Waals surface area contributed by atoms with E-state index in [4.69, 9.17) is 5.73 Å². The first kappa shape index (κ1) is 22.4. The number of piperazine rings is 1. The summed E-state index contributed by atoms with van der Waals surface area (Å²) in [7, 11) is 0. The first-order valence-corrected chi connectivity index (χ1v) is 10.9. The van der Waals surface area contributed by atoms with Gasteiger partial charge in [-0.15, -0.1) is 0 Å². The van der Waals surface area contributed by atoms with Gasteiger partial charge in [0.05, 0.1) is 4.92 Å². The van der Waals surface area contributed by atoms with Crippen LogP contribution in [0.4, 0.5) is 17.1 Å². The topological polar surface area (TPSA) is 105 Å². The first-order valence-electron chi connectivity index (χ1n) is 10.9. The molecule has 170 valence electrons. The van der Waals surface area contributed by atoms with Gasteiger partial charge in [-0.2, -0.15) is 0 Å². The molecule has 0 aromatic heterocycles. The second-order valence-corrected chi connectivity index (χ2v) is 8.22. The van der Waals surface area contributed by atoms with Gasteiger partial charge in [0, 0.05) is 56.6 Å². The van der Waals surface area contributed by atoms with E-state index in [-0.39, 0.29) is 16.9 Å². The van der Waals surface area contributed by atoms with Crippen LogP contribution in [0, 0.1) is 10.1 Å². The molecule has 0 spiro atoms. The molecule has 0 saturated carbocycles. The van der Waals surface area contributed by atoms with Gasteiger partial charge in [0.15, 0.2) is 0 Å². The third kappa shape index (κ3) is 5.94. The van der Waals surface area contributed by atoms with E-state index in [1.54, 1.807) is 0 Å². The molecule has 4 rings (SSSR count). The van der Waals surface area contributed by atoms with Gasteiger partial charge in [-0.1, -0.05) is 42.5 Å². The Kier molecular flexibility index (Phi) is 6.97. The number of hydrogen-bond acceptors (Lipinski definition) is 6. The average molecular weight is 446 g/mol. The molecule has 1 amide bonds. The Balaban J connectivity index is 1.28. The molecule has 1 aliphatic rings. The Morgan fingerprint density at radius 1 is 0.879 bits per heavy atom. The largest absolute Gasteiger partial charge is 0.393 e. The average Bonchev–Trinajstić information content (AvgIpc) is 2.82. The number of anilines is 2. The summed E-state index contributed by atoms with van der Waals surface area (Å²) >= 11 is 0. The zero-order valence-electron chi connectivity index (χ0n) is 18.3. The molecule has 8 nitrogen and oxygen atoms in total. The zero-order valence-corrected chi connectivity index (χ0v) is 18.3. The predicted octanol–water partition coefficient (Wildman–Crippen LogP) is 3.75. The number of benzene rings is 3. The number of hydrogen-bond donors (Lipinski definition) is 2. The Labute approximate surface area is 192 Å².